The number of benzene rings is 1. The summed E-state index contributed by atoms with van der Waals surface area (Å²) in [5, 5.41) is 5.10. The van der Waals surface area contributed by atoms with Gasteiger partial charge in [-0.2, -0.15) is 4.98 Å². The van der Waals surface area contributed by atoms with Crippen LogP contribution in [0.1, 0.15) is 53.1 Å². The molecule has 1 aliphatic rings. The van der Waals surface area contributed by atoms with Crippen LogP contribution in [-0.2, 0) is 12.8 Å². The molecule has 24 heavy (non-hydrogen) atoms. The molecule has 0 radical (unpaired) electrons. The zero-order valence-electron chi connectivity index (χ0n) is 13.4. The highest BCUT2D eigenvalue weighted by Gasteiger charge is 2.28. The summed E-state index contributed by atoms with van der Waals surface area (Å²) in [5.41, 5.74) is 2.55. The molecule has 0 aliphatic heterocycles. The number of hydrogen-bond donors (Lipinski definition) is 0. The number of aromatic nitrogens is 4. The lowest BCUT2D eigenvalue weighted by molar-refractivity contribution is 0.0962. The fourth-order valence-corrected chi connectivity index (χ4v) is 3.45. The Kier molecular flexibility index (Phi) is 3.81. The van der Waals surface area contributed by atoms with Crippen molar-refractivity contribution in [1.29, 1.82) is 0 Å². The first-order valence-corrected chi connectivity index (χ1v) is 8.55. The minimum absolute atomic E-state index is 0.100. The molecule has 0 unspecified atom stereocenters. The van der Waals surface area contributed by atoms with Gasteiger partial charge in [0.25, 0.3) is 5.78 Å². The van der Waals surface area contributed by atoms with Gasteiger partial charge in [-0.25, -0.2) is 9.50 Å². The van der Waals surface area contributed by atoms with Crippen molar-refractivity contribution >= 4 is 23.2 Å². The predicted octanol–water partition coefficient (Wildman–Crippen LogP) is 3.64. The van der Waals surface area contributed by atoms with E-state index in [1.54, 1.807) is 10.7 Å². The van der Waals surface area contributed by atoms with Crippen LogP contribution in [0, 0.1) is 0 Å². The molecule has 0 fully saturated rings. The van der Waals surface area contributed by atoms with E-state index in [9.17, 15) is 4.79 Å². The number of carbonyl (C=O) groups is 1. The van der Waals surface area contributed by atoms with Crippen LogP contribution in [-0.4, -0.2) is 25.4 Å². The number of ketones is 1. The number of rotatable bonds is 3. The first kappa shape index (κ1) is 15.3. The number of aryl methyl sites for hydroxylation is 1. The van der Waals surface area contributed by atoms with E-state index in [0.29, 0.717) is 29.2 Å². The smallest absolute Gasteiger partial charge is 0.252 e. The summed E-state index contributed by atoms with van der Waals surface area (Å²) in [7, 11) is 0. The van der Waals surface area contributed by atoms with E-state index < -0.39 is 0 Å². The molecule has 0 N–H and O–H groups in total. The van der Waals surface area contributed by atoms with Crippen LogP contribution in [0.5, 0.6) is 0 Å². The van der Waals surface area contributed by atoms with Crippen molar-refractivity contribution in [3.05, 3.63) is 58.1 Å². The average Bonchev–Trinajstić information content (AvgIpc) is 2.94. The molecule has 1 aliphatic carbocycles. The summed E-state index contributed by atoms with van der Waals surface area (Å²) in [6, 6.07) is 7.71. The molecule has 2 aromatic heterocycles. The molecule has 3 aromatic rings. The molecule has 1 atom stereocenters. The summed E-state index contributed by atoms with van der Waals surface area (Å²) >= 11 is 6.09. The van der Waals surface area contributed by atoms with Crippen LogP contribution in [0.15, 0.2) is 30.5 Å². The van der Waals surface area contributed by atoms with Gasteiger partial charge in [0.1, 0.15) is 0 Å². The van der Waals surface area contributed by atoms with Crippen LogP contribution in [0.3, 0.4) is 0 Å². The van der Waals surface area contributed by atoms with E-state index in [1.165, 1.54) is 0 Å². The third kappa shape index (κ3) is 2.69. The monoisotopic (exact) mass is 340 g/mol. The second kappa shape index (κ2) is 5.98. The van der Waals surface area contributed by atoms with Gasteiger partial charge in [0.05, 0.1) is 11.3 Å². The molecule has 122 valence electrons. The minimum atomic E-state index is 0.100. The highest BCUT2D eigenvalue weighted by Crippen LogP contribution is 2.32. The first-order valence-electron chi connectivity index (χ1n) is 8.18. The average molecular weight is 341 g/mol. The fourth-order valence-electron chi connectivity index (χ4n) is 3.25. The normalized spacial score (nSPS) is 17.2. The van der Waals surface area contributed by atoms with E-state index in [1.807, 2.05) is 24.3 Å². The van der Waals surface area contributed by atoms with Crippen molar-refractivity contribution in [3.63, 3.8) is 0 Å². The largest absolute Gasteiger partial charge is 0.294 e. The SMILES string of the molecule is CCCc1nc2nc3c(cn2n1)C(=O)C[C@@H](c1cccc(Cl)c1)C3. The van der Waals surface area contributed by atoms with Crippen molar-refractivity contribution in [1.82, 2.24) is 19.6 Å². The zero-order chi connectivity index (χ0) is 16.7. The van der Waals surface area contributed by atoms with Gasteiger partial charge in [-0.15, -0.1) is 5.10 Å². The standard InChI is InChI=1S/C18H17ClN4O/c1-2-4-17-21-18-20-15-8-12(11-5-3-6-13(19)7-11)9-16(24)14(15)10-23(18)22-17/h3,5-7,10,12H,2,4,8-9H2,1H3/t12-/m0/s1. The second-order valence-corrected chi connectivity index (χ2v) is 6.64. The lowest BCUT2D eigenvalue weighted by atomic mass is 9.82. The molecular weight excluding hydrogens is 324 g/mol. The summed E-state index contributed by atoms with van der Waals surface area (Å²) in [4.78, 5) is 21.7. The van der Waals surface area contributed by atoms with E-state index in [2.05, 4.69) is 22.0 Å². The van der Waals surface area contributed by atoms with Crippen LogP contribution < -0.4 is 0 Å². The predicted molar refractivity (Wildman–Crippen MR) is 91.6 cm³/mol. The van der Waals surface area contributed by atoms with Crippen molar-refractivity contribution in [2.24, 2.45) is 0 Å². The van der Waals surface area contributed by atoms with Gasteiger partial charge >= 0.3 is 0 Å². The highest BCUT2D eigenvalue weighted by molar-refractivity contribution is 6.30. The first-order chi connectivity index (χ1) is 11.6. The van der Waals surface area contributed by atoms with E-state index in [-0.39, 0.29) is 11.7 Å². The fraction of sp³-hybridized carbons (Fsp3) is 0.333. The topological polar surface area (TPSA) is 60.1 Å². The number of Topliss-reactive ketones (excluding diaryl/α,β-unsaturated/α-hetero) is 1. The van der Waals surface area contributed by atoms with Crippen molar-refractivity contribution in [2.75, 3.05) is 0 Å². The van der Waals surface area contributed by atoms with Crippen LogP contribution in [0.2, 0.25) is 5.02 Å². The summed E-state index contributed by atoms with van der Waals surface area (Å²) in [6.07, 6.45) is 4.75. The summed E-state index contributed by atoms with van der Waals surface area (Å²) in [6.45, 7) is 2.09. The van der Waals surface area contributed by atoms with Crippen LogP contribution in [0.4, 0.5) is 0 Å². The van der Waals surface area contributed by atoms with Gasteiger partial charge in [-0.1, -0.05) is 30.7 Å². The number of fused-ring (bicyclic) bond motifs is 2. The Morgan fingerprint density at radius 3 is 2.96 bits per heavy atom. The quantitative estimate of drug-likeness (QED) is 0.730. The molecular formula is C18H17ClN4O. The molecule has 0 saturated heterocycles. The minimum Gasteiger partial charge on any atom is -0.294 e. The molecule has 0 amide bonds. The zero-order valence-corrected chi connectivity index (χ0v) is 14.1. The molecule has 6 heteroatoms. The molecule has 5 nitrogen and oxygen atoms in total. The van der Waals surface area contributed by atoms with E-state index >= 15 is 0 Å². The maximum Gasteiger partial charge on any atom is 0.252 e. The maximum atomic E-state index is 12.6. The Balaban J connectivity index is 1.73. The lowest BCUT2D eigenvalue weighted by Gasteiger charge is -2.23. The number of hydrogen-bond acceptors (Lipinski definition) is 4. The van der Waals surface area contributed by atoms with Crippen LogP contribution in [0.25, 0.3) is 5.78 Å². The molecule has 2 heterocycles. The van der Waals surface area contributed by atoms with Gasteiger partial charge in [0.15, 0.2) is 11.6 Å². The van der Waals surface area contributed by atoms with E-state index in [0.717, 1.165) is 29.9 Å². The number of nitrogens with zero attached hydrogens (tertiary/aromatic N) is 4. The Hall–Kier alpha value is -2.27. The van der Waals surface area contributed by atoms with Gasteiger partial charge in [0.2, 0.25) is 0 Å². The Morgan fingerprint density at radius 1 is 1.29 bits per heavy atom. The van der Waals surface area contributed by atoms with Crippen molar-refractivity contribution in [2.45, 2.75) is 38.5 Å². The Bertz CT molecular complexity index is 934. The Labute approximate surface area is 144 Å². The van der Waals surface area contributed by atoms with Crippen LogP contribution >= 0.6 is 11.6 Å². The molecule has 1 aromatic carbocycles. The molecule has 4 rings (SSSR count). The molecule has 0 saturated carbocycles. The van der Waals surface area contributed by atoms with E-state index in [4.69, 9.17) is 11.6 Å². The number of halogens is 1. The third-order valence-electron chi connectivity index (χ3n) is 4.42. The number of carbonyl (C=O) groups excluding carboxylic acids is 1. The molecule has 0 bridgehead atoms. The second-order valence-electron chi connectivity index (χ2n) is 6.21. The summed E-state index contributed by atoms with van der Waals surface area (Å²) in [5.74, 6) is 1.54. The molecule has 0 spiro atoms. The third-order valence-corrected chi connectivity index (χ3v) is 4.66. The summed E-state index contributed by atoms with van der Waals surface area (Å²) < 4.78 is 1.63. The maximum absolute atomic E-state index is 12.6. The van der Waals surface area contributed by atoms with Gasteiger partial charge < -0.3 is 0 Å². The van der Waals surface area contributed by atoms with Gasteiger partial charge in [-0.05, 0) is 36.5 Å². The highest BCUT2D eigenvalue weighted by atomic mass is 35.5. The Morgan fingerprint density at radius 2 is 2.17 bits per heavy atom. The van der Waals surface area contributed by atoms with Crippen molar-refractivity contribution < 1.29 is 4.79 Å². The van der Waals surface area contributed by atoms with Crippen molar-refractivity contribution in [3.8, 4) is 0 Å². The van der Waals surface area contributed by atoms with Gasteiger partial charge in [-0.3, -0.25) is 4.79 Å². The lowest BCUT2D eigenvalue weighted by Crippen LogP contribution is -2.21. The van der Waals surface area contributed by atoms with Gasteiger partial charge in [0, 0.05) is 24.1 Å².